The molecule has 0 bridgehead atoms. The highest BCUT2D eigenvalue weighted by atomic mass is 79.9. The molecule has 1 unspecified atom stereocenters. The predicted molar refractivity (Wildman–Crippen MR) is 96.5 cm³/mol. The zero-order valence-corrected chi connectivity index (χ0v) is 16.6. The largest absolute Gasteiger partial charge is 0.310 e. The van der Waals surface area contributed by atoms with E-state index in [4.69, 9.17) is 0 Å². The van der Waals surface area contributed by atoms with Crippen molar-refractivity contribution in [2.45, 2.75) is 58.9 Å². The van der Waals surface area contributed by atoms with E-state index >= 15 is 0 Å². The predicted octanol–water partition coefficient (Wildman–Crippen LogP) is 6.53. The van der Waals surface area contributed by atoms with Crippen LogP contribution in [0.3, 0.4) is 0 Å². The highest BCUT2D eigenvalue weighted by molar-refractivity contribution is 9.12. The normalized spacial score (nSPS) is 19.7. The van der Waals surface area contributed by atoms with Crippen LogP contribution in [0.25, 0.3) is 0 Å². The lowest BCUT2D eigenvalue weighted by Gasteiger charge is -2.40. The Morgan fingerprint density at radius 3 is 2.40 bits per heavy atom. The van der Waals surface area contributed by atoms with Crippen molar-refractivity contribution in [2.24, 2.45) is 11.3 Å². The Balaban J connectivity index is 2.36. The van der Waals surface area contributed by atoms with Gasteiger partial charge in [0, 0.05) is 6.04 Å². The van der Waals surface area contributed by atoms with E-state index in [0.29, 0.717) is 11.5 Å². The minimum absolute atomic E-state index is 0.438. The summed E-state index contributed by atoms with van der Waals surface area (Å²) < 4.78 is 2.50. The van der Waals surface area contributed by atoms with Gasteiger partial charge in [-0.2, -0.15) is 0 Å². The molecule has 114 valence electrons. The Morgan fingerprint density at radius 1 is 1.30 bits per heavy atom. The third-order valence-corrected chi connectivity index (χ3v) is 6.81. The molecule has 1 heterocycles. The van der Waals surface area contributed by atoms with E-state index in [1.54, 1.807) is 11.3 Å². The SMILES string of the molecule is CCNC(c1cc(Br)sc1Br)C1(CC(C)C)CCCC1. The van der Waals surface area contributed by atoms with Crippen LogP contribution in [0.5, 0.6) is 0 Å². The van der Waals surface area contributed by atoms with Crippen molar-refractivity contribution in [1.82, 2.24) is 5.32 Å². The summed E-state index contributed by atoms with van der Waals surface area (Å²) in [6.45, 7) is 7.98. The van der Waals surface area contributed by atoms with Crippen molar-refractivity contribution >= 4 is 43.2 Å². The van der Waals surface area contributed by atoms with E-state index < -0.39 is 0 Å². The zero-order valence-electron chi connectivity index (χ0n) is 12.6. The summed E-state index contributed by atoms with van der Waals surface area (Å²) in [5, 5.41) is 3.80. The van der Waals surface area contributed by atoms with Crippen molar-refractivity contribution in [2.75, 3.05) is 6.54 Å². The van der Waals surface area contributed by atoms with Gasteiger partial charge in [0.1, 0.15) is 0 Å². The van der Waals surface area contributed by atoms with Crippen LogP contribution in [0.15, 0.2) is 13.6 Å². The average molecular weight is 423 g/mol. The van der Waals surface area contributed by atoms with Gasteiger partial charge in [-0.1, -0.05) is 33.6 Å². The summed E-state index contributed by atoms with van der Waals surface area (Å²) >= 11 is 9.21. The van der Waals surface area contributed by atoms with E-state index in [1.165, 1.54) is 45.2 Å². The second-order valence-electron chi connectivity index (χ2n) is 6.44. The molecule has 1 N–H and O–H groups in total. The first kappa shape index (κ1) is 17.0. The average Bonchev–Trinajstić information content (AvgIpc) is 2.93. The number of hydrogen-bond acceptors (Lipinski definition) is 2. The van der Waals surface area contributed by atoms with E-state index in [-0.39, 0.29) is 0 Å². The minimum atomic E-state index is 0.438. The molecular weight excluding hydrogens is 398 g/mol. The smallest absolute Gasteiger partial charge is 0.0758 e. The van der Waals surface area contributed by atoms with Crippen LogP contribution in [0.1, 0.15) is 64.5 Å². The molecule has 1 aliphatic carbocycles. The van der Waals surface area contributed by atoms with Gasteiger partial charge in [-0.15, -0.1) is 11.3 Å². The van der Waals surface area contributed by atoms with Crippen LogP contribution < -0.4 is 5.32 Å². The van der Waals surface area contributed by atoms with Crippen molar-refractivity contribution in [1.29, 1.82) is 0 Å². The Morgan fingerprint density at radius 2 is 1.95 bits per heavy atom. The van der Waals surface area contributed by atoms with Crippen molar-refractivity contribution in [3.8, 4) is 0 Å². The summed E-state index contributed by atoms with van der Waals surface area (Å²) in [4.78, 5) is 0. The number of hydrogen-bond donors (Lipinski definition) is 1. The molecule has 0 spiro atoms. The van der Waals surface area contributed by atoms with Crippen LogP contribution in [-0.4, -0.2) is 6.54 Å². The van der Waals surface area contributed by atoms with Gasteiger partial charge in [0.05, 0.1) is 7.57 Å². The molecule has 1 fully saturated rings. The molecule has 20 heavy (non-hydrogen) atoms. The number of rotatable bonds is 6. The molecule has 0 amide bonds. The van der Waals surface area contributed by atoms with Crippen LogP contribution in [0.4, 0.5) is 0 Å². The molecule has 0 aromatic carbocycles. The number of nitrogens with one attached hydrogen (secondary N) is 1. The van der Waals surface area contributed by atoms with Crippen molar-refractivity contribution < 1.29 is 0 Å². The second-order valence-corrected chi connectivity index (χ2v) is 10.2. The van der Waals surface area contributed by atoms with Crippen molar-refractivity contribution in [3.05, 3.63) is 19.2 Å². The number of halogens is 2. The van der Waals surface area contributed by atoms with Crippen LogP contribution in [0, 0.1) is 11.3 Å². The molecule has 0 saturated heterocycles. The first-order chi connectivity index (χ1) is 9.48. The van der Waals surface area contributed by atoms with Gasteiger partial charge in [0.2, 0.25) is 0 Å². The standard InChI is InChI=1S/C16H25Br2NS/c1-4-19-14(12-9-13(17)20-15(12)18)16(10-11(2)3)7-5-6-8-16/h9,11,14,19H,4-8,10H2,1-3H3. The molecule has 1 atom stereocenters. The Bertz CT molecular complexity index is 436. The second kappa shape index (κ2) is 7.26. The molecule has 0 radical (unpaired) electrons. The molecule has 1 aromatic rings. The third-order valence-electron chi connectivity index (χ3n) is 4.43. The summed E-state index contributed by atoms with van der Waals surface area (Å²) in [6, 6.07) is 2.79. The van der Waals surface area contributed by atoms with E-state index in [9.17, 15) is 0 Å². The van der Waals surface area contributed by atoms with Gasteiger partial charge < -0.3 is 5.32 Å². The lowest BCUT2D eigenvalue weighted by atomic mass is 9.70. The molecule has 1 saturated carbocycles. The highest BCUT2D eigenvalue weighted by Gasteiger charge is 2.42. The first-order valence-electron chi connectivity index (χ1n) is 7.66. The first-order valence-corrected chi connectivity index (χ1v) is 10.1. The van der Waals surface area contributed by atoms with Gasteiger partial charge in [-0.05, 0) is 80.6 Å². The zero-order chi connectivity index (χ0) is 14.8. The summed E-state index contributed by atoms with van der Waals surface area (Å²) in [5.74, 6) is 0.759. The highest BCUT2D eigenvalue weighted by Crippen LogP contribution is 2.53. The van der Waals surface area contributed by atoms with E-state index in [2.05, 4.69) is 64.0 Å². The van der Waals surface area contributed by atoms with Gasteiger partial charge in [-0.25, -0.2) is 0 Å². The van der Waals surface area contributed by atoms with E-state index in [0.717, 1.165) is 12.5 Å². The molecule has 1 aliphatic rings. The molecule has 0 aliphatic heterocycles. The summed E-state index contributed by atoms with van der Waals surface area (Å²) in [5.41, 5.74) is 1.89. The van der Waals surface area contributed by atoms with Gasteiger partial charge in [0.25, 0.3) is 0 Å². The monoisotopic (exact) mass is 421 g/mol. The van der Waals surface area contributed by atoms with Crippen molar-refractivity contribution in [3.63, 3.8) is 0 Å². The molecule has 1 nitrogen and oxygen atoms in total. The molecule has 4 heteroatoms. The molecule has 2 rings (SSSR count). The summed E-state index contributed by atoms with van der Waals surface area (Å²) in [7, 11) is 0. The fraction of sp³-hybridized carbons (Fsp3) is 0.750. The Hall–Kier alpha value is 0.620. The van der Waals surface area contributed by atoms with E-state index in [1.807, 2.05) is 0 Å². The van der Waals surface area contributed by atoms with Crippen LogP contribution >= 0.6 is 43.2 Å². The number of thiophene rings is 1. The Kier molecular flexibility index (Phi) is 6.16. The lowest BCUT2D eigenvalue weighted by molar-refractivity contribution is 0.156. The Labute approximate surface area is 144 Å². The van der Waals surface area contributed by atoms with Gasteiger partial charge in [-0.3, -0.25) is 0 Å². The quantitative estimate of drug-likeness (QED) is 0.549. The third kappa shape index (κ3) is 3.68. The van der Waals surface area contributed by atoms with Crippen LogP contribution in [-0.2, 0) is 0 Å². The van der Waals surface area contributed by atoms with Crippen LogP contribution in [0.2, 0.25) is 0 Å². The maximum absolute atomic E-state index is 3.80. The van der Waals surface area contributed by atoms with Gasteiger partial charge in [0.15, 0.2) is 0 Å². The maximum Gasteiger partial charge on any atom is 0.0758 e. The molecule has 1 aromatic heterocycles. The lowest BCUT2D eigenvalue weighted by Crippen LogP contribution is -2.37. The summed E-state index contributed by atoms with van der Waals surface area (Å²) in [6.07, 6.45) is 6.82. The molecular formula is C16H25Br2NS. The topological polar surface area (TPSA) is 12.0 Å². The minimum Gasteiger partial charge on any atom is -0.310 e. The van der Waals surface area contributed by atoms with Gasteiger partial charge >= 0.3 is 0 Å². The maximum atomic E-state index is 3.80. The fourth-order valence-corrected chi connectivity index (χ4v) is 6.82. The fourth-order valence-electron chi connectivity index (χ4n) is 3.91.